The number of carbonyl (C=O) groups excluding carboxylic acids is 1. The molecule has 1 aromatic heterocycles. The van der Waals surface area contributed by atoms with Crippen molar-refractivity contribution in [2.45, 2.75) is 6.43 Å². The summed E-state index contributed by atoms with van der Waals surface area (Å²) in [5, 5.41) is 11.1. The van der Waals surface area contributed by atoms with Crippen LogP contribution < -0.4 is 5.32 Å². The summed E-state index contributed by atoms with van der Waals surface area (Å²) in [5.41, 5.74) is -0.122. The predicted octanol–water partition coefficient (Wildman–Crippen LogP) is 0.791. The van der Waals surface area contributed by atoms with Crippen LogP contribution in [0.5, 0.6) is 0 Å². The van der Waals surface area contributed by atoms with Gasteiger partial charge < -0.3 is 15.2 Å². The summed E-state index contributed by atoms with van der Waals surface area (Å²) in [7, 11) is 0. The van der Waals surface area contributed by atoms with Gasteiger partial charge in [-0.25, -0.2) is 18.6 Å². The highest BCUT2D eigenvalue weighted by Gasteiger charge is 2.10. The van der Waals surface area contributed by atoms with Gasteiger partial charge in [0.25, 0.3) is 12.3 Å². The van der Waals surface area contributed by atoms with Crippen molar-refractivity contribution in [2.75, 3.05) is 19.8 Å². The molecule has 0 aromatic carbocycles. The predicted molar refractivity (Wildman–Crippen MR) is 60.4 cm³/mol. The molecule has 0 aliphatic rings. The highest BCUT2D eigenvalue weighted by molar-refractivity contribution is 5.96. The molecule has 0 atom stereocenters. The Labute approximate surface area is 107 Å². The molecule has 0 spiro atoms. The van der Waals surface area contributed by atoms with Crippen LogP contribution in [-0.2, 0) is 4.74 Å². The quantitative estimate of drug-likeness (QED) is 0.718. The van der Waals surface area contributed by atoms with Crippen LogP contribution in [0.3, 0.4) is 0 Å². The molecule has 8 heteroatoms. The number of alkyl halides is 2. The fourth-order valence-corrected chi connectivity index (χ4v) is 1.20. The Morgan fingerprint density at radius 3 is 2.84 bits per heavy atom. The number of amides is 1. The van der Waals surface area contributed by atoms with Gasteiger partial charge in [-0.05, 0) is 12.1 Å². The van der Waals surface area contributed by atoms with Gasteiger partial charge in [-0.1, -0.05) is 0 Å². The lowest BCUT2D eigenvalue weighted by atomic mass is 10.2. The van der Waals surface area contributed by atoms with Gasteiger partial charge in [-0.3, -0.25) is 4.79 Å². The number of aromatic nitrogens is 1. The molecule has 1 heterocycles. The van der Waals surface area contributed by atoms with Crippen LogP contribution in [0.1, 0.15) is 20.8 Å². The lowest BCUT2D eigenvalue weighted by Crippen LogP contribution is -2.28. The smallest absolute Gasteiger partial charge is 0.354 e. The molecule has 104 valence electrons. The van der Waals surface area contributed by atoms with Crippen molar-refractivity contribution in [1.29, 1.82) is 0 Å². The normalized spacial score (nSPS) is 10.5. The number of hydrogen-bond donors (Lipinski definition) is 2. The minimum Gasteiger partial charge on any atom is -0.477 e. The van der Waals surface area contributed by atoms with E-state index in [-0.39, 0.29) is 24.4 Å². The summed E-state index contributed by atoms with van der Waals surface area (Å²) in [4.78, 5) is 25.8. The van der Waals surface area contributed by atoms with E-state index in [1.807, 2.05) is 0 Å². The average Bonchev–Trinajstić information content (AvgIpc) is 2.37. The van der Waals surface area contributed by atoms with Crippen LogP contribution in [0.2, 0.25) is 0 Å². The zero-order valence-electron chi connectivity index (χ0n) is 9.81. The number of halogens is 2. The molecule has 0 saturated heterocycles. The molecule has 6 nitrogen and oxygen atoms in total. The Bertz CT molecular complexity index is 454. The first kappa shape index (κ1) is 15.0. The third-order valence-corrected chi connectivity index (χ3v) is 2.02. The van der Waals surface area contributed by atoms with Gasteiger partial charge >= 0.3 is 5.97 Å². The molecular formula is C11H12F2N2O4. The molecule has 0 saturated carbocycles. The number of pyridine rings is 1. The molecule has 0 fully saturated rings. The van der Waals surface area contributed by atoms with Gasteiger partial charge in [-0.15, -0.1) is 0 Å². The lowest BCUT2D eigenvalue weighted by Gasteiger charge is -2.06. The van der Waals surface area contributed by atoms with Crippen molar-refractivity contribution >= 4 is 11.9 Å². The highest BCUT2D eigenvalue weighted by atomic mass is 19.3. The van der Waals surface area contributed by atoms with Crippen molar-refractivity contribution < 1.29 is 28.2 Å². The van der Waals surface area contributed by atoms with Crippen LogP contribution in [0.15, 0.2) is 18.3 Å². The number of ether oxygens (including phenoxy) is 1. The minimum absolute atomic E-state index is 0.0487. The number of hydrogen-bond acceptors (Lipinski definition) is 4. The lowest BCUT2D eigenvalue weighted by molar-refractivity contribution is 0.0188. The molecular weight excluding hydrogens is 262 g/mol. The molecule has 0 aliphatic carbocycles. The van der Waals surface area contributed by atoms with Gasteiger partial charge in [0.2, 0.25) is 0 Å². The first-order valence-corrected chi connectivity index (χ1v) is 5.34. The van der Waals surface area contributed by atoms with E-state index in [0.717, 1.165) is 6.07 Å². The van der Waals surface area contributed by atoms with Crippen molar-refractivity contribution in [3.63, 3.8) is 0 Å². The van der Waals surface area contributed by atoms with Crippen LogP contribution in [0.25, 0.3) is 0 Å². The summed E-state index contributed by atoms with van der Waals surface area (Å²) >= 11 is 0. The maximum atomic E-state index is 11.7. The first-order valence-electron chi connectivity index (χ1n) is 5.34. The molecule has 1 aromatic rings. The molecule has 0 aliphatic heterocycles. The topological polar surface area (TPSA) is 88.5 Å². The number of carboxylic acids is 1. The number of rotatable bonds is 7. The third-order valence-electron chi connectivity index (χ3n) is 2.02. The molecule has 0 unspecified atom stereocenters. The Hall–Kier alpha value is -2.09. The van der Waals surface area contributed by atoms with Crippen molar-refractivity contribution in [3.8, 4) is 0 Å². The van der Waals surface area contributed by atoms with Gasteiger partial charge in [0.1, 0.15) is 12.3 Å². The minimum atomic E-state index is -2.55. The number of carboxylic acid groups (broad SMARTS) is 1. The van der Waals surface area contributed by atoms with E-state index >= 15 is 0 Å². The second-order valence-electron chi connectivity index (χ2n) is 3.46. The second kappa shape index (κ2) is 7.37. The number of aromatic carboxylic acids is 1. The molecule has 0 radical (unpaired) electrons. The standard InChI is InChI=1S/C11H12F2N2O4/c12-9(13)6-19-4-3-15-10(16)7-1-2-14-8(5-7)11(17)18/h1-2,5,9H,3-4,6H2,(H,15,16)(H,17,18). The maximum Gasteiger partial charge on any atom is 0.354 e. The van der Waals surface area contributed by atoms with Gasteiger partial charge in [0.05, 0.1) is 6.61 Å². The van der Waals surface area contributed by atoms with Crippen molar-refractivity contribution in [3.05, 3.63) is 29.6 Å². The number of carbonyl (C=O) groups is 2. The van der Waals surface area contributed by atoms with E-state index in [4.69, 9.17) is 5.11 Å². The average molecular weight is 274 g/mol. The van der Waals surface area contributed by atoms with Crippen molar-refractivity contribution in [2.24, 2.45) is 0 Å². The van der Waals surface area contributed by atoms with Crippen LogP contribution in [0, 0.1) is 0 Å². The zero-order valence-corrected chi connectivity index (χ0v) is 9.81. The van der Waals surface area contributed by atoms with Crippen LogP contribution in [0.4, 0.5) is 8.78 Å². The largest absolute Gasteiger partial charge is 0.477 e. The van der Waals surface area contributed by atoms with Gasteiger partial charge in [-0.2, -0.15) is 0 Å². The fourth-order valence-electron chi connectivity index (χ4n) is 1.20. The van der Waals surface area contributed by atoms with E-state index in [2.05, 4.69) is 15.0 Å². The maximum absolute atomic E-state index is 11.7. The van der Waals surface area contributed by atoms with Gasteiger partial charge in [0, 0.05) is 18.3 Å². The monoisotopic (exact) mass is 274 g/mol. The molecule has 0 bridgehead atoms. The van der Waals surface area contributed by atoms with Crippen molar-refractivity contribution in [1.82, 2.24) is 10.3 Å². The van der Waals surface area contributed by atoms with E-state index in [1.54, 1.807) is 0 Å². The summed E-state index contributed by atoms with van der Waals surface area (Å²) in [6.07, 6.45) is -1.35. The zero-order chi connectivity index (χ0) is 14.3. The van der Waals surface area contributed by atoms with E-state index in [1.165, 1.54) is 12.3 Å². The van der Waals surface area contributed by atoms with Crippen LogP contribution >= 0.6 is 0 Å². The third kappa shape index (κ3) is 5.38. The number of nitrogens with zero attached hydrogens (tertiary/aromatic N) is 1. The van der Waals surface area contributed by atoms with Gasteiger partial charge in [0.15, 0.2) is 0 Å². The van der Waals surface area contributed by atoms with Crippen LogP contribution in [-0.4, -0.2) is 48.2 Å². The first-order chi connectivity index (χ1) is 9.00. The Balaban J connectivity index is 2.41. The molecule has 19 heavy (non-hydrogen) atoms. The Kier molecular flexibility index (Phi) is 5.80. The summed E-state index contributed by atoms with van der Waals surface area (Å²) in [5.74, 6) is -1.76. The SMILES string of the molecule is O=C(NCCOCC(F)F)c1ccnc(C(=O)O)c1. The summed E-state index contributed by atoms with van der Waals surface area (Å²) < 4.78 is 28.0. The van der Waals surface area contributed by atoms with E-state index in [9.17, 15) is 18.4 Å². The summed E-state index contributed by atoms with van der Waals surface area (Å²) in [6, 6.07) is 2.47. The highest BCUT2D eigenvalue weighted by Crippen LogP contribution is 2.01. The number of nitrogens with one attached hydrogen (secondary N) is 1. The summed E-state index contributed by atoms with van der Waals surface area (Å²) in [6.45, 7) is -0.683. The van der Waals surface area contributed by atoms with E-state index < -0.39 is 24.9 Å². The fraction of sp³-hybridized carbons (Fsp3) is 0.364. The molecule has 1 amide bonds. The molecule has 1 rings (SSSR count). The molecule has 2 N–H and O–H groups in total. The Morgan fingerprint density at radius 2 is 2.21 bits per heavy atom. The van der Waals surface area contributed by atoms with E-state index in [0.29, 0.717) is 0 Å². The Morgan fingerprint density at radius 1 is 1.47 bits per heavy atom. The second-order valence-corrected chi connectivity index (χ2v) is 3.46.